The van der Waals surface area contributed by atoms with E-state index < -0.39 is 0 Å². The molecular weight excluding hydrogens is 184 g/mol. The molecule has 0 aromatic heterocycles. The number of benzene rings is 1. The molecule has 0 amide bonds. The molecule has 1 rings (SSSR count). The molecule has 0 aliphatic heterocycles. The minimum Gasteiger partial charge on any atom is -0.309 e. The summed E-state index contributed by atoms with van der Waals surface area (Å²) in [6.07, 6.45) is 0.560. The normalized spacial score (nSPS) is 12.1. The zero-order valence-corrected chi connectivity index (χ0v) is 9.67. The zero-order chi connectivity index (χ0) is 11.3. The smallest absolute Gasteiger partial charge is 0.0638 e. The van der Waals surface area contributed by atoms with Gasteiger partial charge in [0.05, 0.1) is 12.5 Å². The van der Waals surface area contributed by atoms with E-state index in [-0.39, 0.29) is 6.04 Å². The number of hydrogen-bond donors (Lipinski definition) is 1. The first kappa shape index (κ1) is 11.7. The minimum absolute atomic E-state index is 0.261. The second-order valence-electron chi connectivity index (χ2n) is 4.06. The second-order valence-corrected chi connectivity index (χ2v) is 4.06. The fraction of sp³-hybridized carbons (Fsp3) is 0.462. The van der Waals surface area contributed by atoms with E-state index in [4.69, 9.17) is 5.26 Å². The van der Waals surface area contributed by atoms with Gasteiger partial charge >= 0.3 is 0 Å². The van der Waals surface area contributed by atoms with Gasteiger partial charge in [-0.2, -0.15) is 5.26 Å². The van der Waals surface area contributed by atoms with Crippen molar-refractivity contribution in [2.24, 2.45) is 0 Å². The van der Waals surface area contributed by atoms with E-state index in [2.05, 4.69) is 43.4 Å². The monoisotopic (exact) mass is 202 g/mol. The first-order chi connectivity index (χ1) is 7.13. The van der Waals surface area contributed by atoms with Crippen LogP contribution < -0.4 is 5.32 Å². The first-order valence-electron chi connectivity index (χ1n) is 5.30. The molecule has 15 heavy (non-hydrogen) atoms. The van der Waals surface area contributed by atoms with Gasteiger partial charge in [-0.05, 0) is 37.5 Å². The van der Waals surface area contributed by atoms with Crippen LogP contribution >= 0.6 is 0 Å². The van der Waals surface area contributed by atoms with E-state index in [1.807, 2.05) is 6.92 Å². The summed E-state index contributed by atoms with van der Waals surface area (Å²) in [5.74, 6) is 0. The second kappa shape index (κ2) is 5.53. The molecule has 0 aliphatic carbocycles. The van der Waals surface area contributed by atoms with Gasteiger partial charge in [0.25, 0.3) is 0 Å². The van der Waals surface area contributed by atoms with Crippen LogP contribution in [0.3, 0.4) is 0 Å². The zero-order valence-electron chi connectivity index (χ0n) is 9.67. The molecule has 1 aromatic rings. The van der Waals surface area contributed by atoms with Crippen LogP contribution in [0.1, 0.15) is 30.0 Å². The maximum atomic E-state index is 8.52. The molecule has 0 saturated heterocycles. The van der Waals surface area contributed by atoms with Crippen molar-refractivity contribution in [2.75, 3.05) is 0 Å². The standard InChI is InChI=1S/C13H18N2/c1-10-4-5-13(8-11(10)2)9-15-12(3)6-7-14/h4-5,8,12,15H,6,9H2,1-3H3. The molecule has 1 aromatic carbocycles. The Bertz CT molecular complexity index is 363. The summed E-state index contributed by atoms with van der Waals surface area (Å²) in [5.41, 5.74) is 3.92. The Balaban J connectivity index is 2.51. The molecule has 1 N–H and O–H groups in total. The van der Waals surface area contributed by atoms with Crippen LogP contribution in [0.25, 0.3) is 0 Å². The van der Waals surface area contributed by atoms with Crippen molar-refractivity contribution in [3.8, 4) is 6.07 Å². The highest BCUT2D eigenvalue weighted by Crippen LogP contribution is 2.09. The molecule has 0 bridgehead atoms. The van der Waals surface area contributed by atoms with Gasteiger partial charge in [0.2, 0.25) is 0 Å². The minimum atomic E-state index is 0.261. The average molecular weight is 202 g/mol. The number of nitriles is 1. The summed E-state index contributed by atoms with van der Waals surface area (Å²) in [5, 5.41) is 11.8. The van der Waals surface area contributed by atoms with Gasteiger partial charge in [-0.3, -0.25) is 0 Å². The summed E-state index contributed by atoms with van der Waals surface area (Å²) in [7, 11) is 0. The fourth-order valence-corrected chi connectivity index (χ4v) is 1.41. The van der Waals surface area contributed by atoms with Crippen molar-refractivity contribution in [1.82, 2.24) is 5.32 Å². The SMILES string of the molecule is Cc1ccc(CNC(C)CC#N)cc1C. The highest BCUT2D eigenvalue weighted by atomic mass is 14.9. The quantitative estimate of drug-likeness (QED) is 0.814. The van der Waals surface area contributed by atoms with Gasteiger partial charge in [0.1, 0.15) is 0 Å². The largest absolute Gasteiger partial charge is 0.309 e. The van der Waals surface area contributed by atoms with Crippen molar-refractivity contribution < 1.29 is 0 Å². The molecular formula is C13H18N2. The van der Waals surface area contributed by atoms with E-state index in [1.165, 1.54) is 16.7 Å². The molecule has 0 aliphatic rings. The number of nitrogens with zero attached hydrogens (tertiary/aromatic N) is 1. The predicted molar refractivity (Wildman–Crippen MR) is 62.4 cm³/mol. The van der Waals surface area contributed by atoms with Crippen LogP contribution in [0.5, 0.6) is 0 Å². The summed E-state index contributed by atoms with van der Waals surface area (Å²) >= 11 is 0. The molecule has 80 valence electrons. The third kappa shape index (κ3) is 3.73. The van der Waals surface area contributed by atoms with Crippen molar-refractivity contribution in [2.45, 2.75) is 39.8 Å². The van der Waals surface area contributed by atoms with Crippen molar-refractivity contribution >= 4 is 0 Å². The summed E-state index contributed by atoms with van der Waals surface area (Å²) < 4.78 is 0. The predicted octanol–water partition coefficient (Wildman–Crippen LogP) is 2.70. The Hall–Kier alpha value is -1.33. The van der Waals surface area contributed by atoms with Gasteiger partial charge in [-0.25, -0.2) is 0 Å². The lowest BCUT2D eigenvalue weighted by Crippen LogP contribution is -2.24. The molecule has 2 nitrogen and oxygen atoms in total. The van der Waals surface area contributed by atoms with E-state index in [1.54, 1.807) is 0 Å². The third-order valence-corrected chi connectivity index (χ3v) is 2.62. The Labute approximate surface area is 91.9 Å². The van der Waals surface area contributed by atoms with E-state index >= 15 is 0 Å². The molecule has 0 saturated carbocycles. The topological polar surface area (TPSA) is 35.8 Å². The van der Waals surface area contributed by atoms with E-state index in [0.717, 1.165) is 6.54 Å². The molecule has 1 unspecified atom stereocenters. The van der Waals surface area contributed by atoms with Crippen LogP contribution in [0.4, 0.5) is 0 Å². The Morgan fingerprint density at radius 3 is 2.67 bits per heavy atom. The van der Waals surface area contributed by atoms with Crippen molar-refractivity contribution in [3.05, 3.63) is 34.9 Å². The average Bonchev–Trinajstić information content (AvgIpc) is 2.20. The van der Waals surface area contributed by atoms with Gasteiger partial charge in [-0.1, -0.05) is 18.2 Å². The van der Waals surface area contributed by atoms with Crippen LogP contribution in [-0.2, 0) is 6.54 Å². The highest BCUT2D eigenvalue weighted by Gasteiger charge is 2.01. The molecule has 0 radical (unpaired) electrons. The van der Waals surface area contributed by atoms with Gasteiger partial charge in [0, 0.05) is 12.6 Å². The van der Waals surface area contributed by atoms with Crippen LogP contribution in [-0.4, -0.2) is 6.04 Å². The van der Waals surface area contributed by atoms with Gasteiger partial charge in [-0.15, -0.1) is 0 Å². The fourth-order valence-electron chi connectivity index (χ4n) is 1.41. The summed E-state index contributed by atoms with van der Waals surface area (Å²) in [4.78, 5) is 0. The lowest BCUT2D eigenvalue weighted by molar-refractivity contribution is 0.557. The van der Waals surface area contributed by atoms with Crippen molar-refractivity contribution in [1.29, 1.82) is 5.26 Å². The first-order valence-corrected chi connectivity index (χ1v) is 5.30. The van der Waals surface area contributed by atoms with Crippen LogP contribution in [0.2, 0.25) is 0 Å². The lowest BCUT2D eigenvalue weighted by Gasteiger charge is -2.11. The third-order valence-electron chi connectivity index (χ3n) is 2.62. The number of aryl methyl sites for hydroxylation is 2. The highest BCUT2D eigenvalue weighted by molar-refractivity contribution is 5.29. The number of rotatable bonds is 4. The molecule has 2 heteroatoms. The van der Waals surface area contributed by atoms with Gasteiger partial charge < -0.3 is 5.32 Å². The number of nitrogens with one attached hydrogen (secondary N) is 1. The van der Waals surface area contributed by atoms with Crippen molar-refractivity contribution in [3.63, 3.8) is 0 Å². The molecule has 0 heterocycles. The van der Waals surface area contributed by atoms with E-state index in [9.17, 15) is 0 Å². The van der Waals surface area contributed by atoms with Gasteiger partial charge in [0.15, 0.2) is 0 Å². The Kier molecular flexibility index (Phi) is 4.33. The van der Waals surface area contributed by atoms with E-state index in [0.29, 0.717) is 6.42 Å². The summed E-state index contributed by atoms with van der Waals surface area (Å²) in [6.45, 7) is 7.11. The molecule has 0 spiro atoms. The molecule has 0 fully saturated rings. The Morgan fingerprint density at radius 2 is 2.07 bits per heavy atom. The maximum Gasteiger partial charge on any atom is 0.0638 e. The number of hydrogen-bond acceptors (Lipinski definition) is 2. The molecule has 1 atom stereocenters. The van der Waals surface area contributed by atoms with Crippen LogP contribution in [0, 0.1) is 25.2 Å². The lowest BCUT2D eigenvalue weighted by atomic mass is 10.1. The Morgan fingerprint density at radius 1 is 1.33 bits per heavy atom. The van der Waals surface area contributed by atoms with Crippen LogP contribution in [0.15, 0.2) is 18.2 Å². The summed E-state index contributed by atoms with van der Waals surface area (Å²) in [6, 6.07) is 8.89. The maximum absolute atomic E-state index is 8.52.